The first-order chi connectivity index (χ1) is 15.8. The van der Waals surface area contributed by atoms with Crippen LogP contribution < -0.4 is 5.32 Å². The Balaban J connectivity index is 2.66. The van der Waals surface area contributed by atoms with Gasteiger partial charge in [0, 0.05) is 0 Å². The summed E-state index contributed by atoms with van der Waals surface area (Å²) in [5.74, 6) is -0.712. The van der Waals surface area contributed by atoms with Crippen LogP contribution in [0.2, 0.25) is 0 Å². The minimum atomic E-state index is -1.12. The number of nitrogens with one attached hydrogen (secondary N) is 1. The van der Waals surface area contributed by atoms with Crippen LogP contribution in [-0.4, -0.2) is 70.1 Å². The van der Waals surface area contributed by atoms with Crippen molar-refractivity contribution in [2.24, 2.45) is 0 Å². The van der Waals surface area contributed by atoms with Crippen LogP contribution in [-0.2, 0) is 39.9 Å². The molecule has 0 saturated heterocycles. The van der Waals surface area contributed by atoms with Gasteiger partial charge in [-0.05, 0) is 19.4 Å². The van der Waals surface area contributed by atoms with E-state index in [0.717, 1.165) is 16.7 Å². The number of carbonyl (C=O) groups is 3. The van der Waals surface area contributed by atoms with Crippen molar-refractivity contribution in [2.45, 2.75) is 38.7 Å². The molecule has 3 atom stereocenters. The molecule has 0 radical (unpaired) electrons. The second-order valence-corrected chi connectivity index (χ2v) is 7.49. The van der Waals surface area contributed by atoms with Gasteiger partial charge in [0.15, 0.2) is 12.3 Å². The molecule has 0 bridgehead atoms. The molecule has 1 rings (SSSR count). The van der Waals surface area contributed by atoms with Crippen molar-refractivity contribution in [2.75, 3.05) is 33.5 Å². The van der Waals surface area contributed by atoms with Gasteiger partial charge >= 0.3 is 12.1 Å². The number of aldehydes is 1. The van der Waals surface area contributed by atoms with E-state index in [1.165, 1.54) is 7.11 Å². The minimum absolute atomic E-state index is 0.0410. The van der Waals surface area contributed by atoms with E-state index in [1.54, 1.807) is 26.0 Å². The van der Waals surface area contributed by atoms with Crippen LogP contribution in [0.15, 0.2) is 54.6 Å². The van der Waals surface area contributed by atoms with E-state index in [0.29, 0.717) is 6.29 Å². The van der Waals surface area contributed by atoms with Gasteiger partial charge in [-0.25, -0.2) is 9.59 Å². The lowest BCUT2D eigenvalue weighted by Gasteiger charge is -2.25. The summed E-state index contributed by atoms with van der Waals surface area (Å²) in [6.45, 7) is 11.2. The Hall–Kier alpha value is -3.01. The van der Waals surface area contributed by atoms with E-state index >= 15 is 0 Å². The van der Waals surface area contributed by atoms with E-state index in [1.807, 2.05) is 18.2 Å². The summed E-state index contributed by atoms with van der Waals surface area (Å²) >= 11 is 0. The molecule has 0 aromatic heterocycles. The molecule has 3 unspecified atom stereocenters. The predicted molar refractivity (Wildman–Crippen MR) is 122 cm³/mol. The molecule has 1 amide bonds. The van der Waals surface area contributed by atoms with Crippen molar-refractivity contribution in [3.63, 3.8) is 0 Å². The monoisotopic (exact) mass is 463 g/mol. The summed E-state index contributed by atoms with van der Waals surface area (Å²) in [6, 6.07) is 7.98. The largest absolute Gasteiger partial charge is 0.467 e. The highest BCUT2D eigenvalue weighted by molar-refractivity contribution is 5.81. The van der Waals surface area contributed by atoms with Gasteiger partial charge in [0.1, 0.15) is 18.8 Å². The molecule has 1 aromatic rings. The maximum atomic E-state index is 12.1. The molecule has 33 heavy (non-hydrogen) atoms. The van der Waals surface area contributed by atoms with Crippen LogP contribution in [0.25, 0.3) is 0 Å². The minimum Gasteiger partial charge on any atom is -0.467 e. The van der Waals surface area contributed by atoms with E-state index in [-0.39, 0.29) is 33.0 Å². The highest BCUT2D eigenvalue weighted by Gasteiger charge is 2.26. The van der Waals surface area contributed by atoms with Gasteiger partial charge in [0.2, 0.25) is 0 Å². The van der Waals surface area contributed by atoms with Crippen LogP contribution in [0, 0.1) is 0 Å². The molecule has 0 fully saturated rings. The zero-order valence-electron chi connectivity index (χ0n) is 19.4. The van der Waals surface area contributed by atoms with Crippen molar-refractivity contribution in [1.82, 2.24) is 5.32 Å². The molecule has 9 heteroatoms. The summed E-state index contributed by atoms with van der Waals surface area (Å²) in [7, 11) is 1.19. The third-order valence-corrected chi connectivity index (χ3v) is 4.12. The van der Waals surface area contributed by atoms with Crippen molar-refractivity contribution >= 4 is 18.3 Å². The Morgan fingerprint density at radius 2 is 1.67 bits per heavy atom. The maximum Gasteiger partial charge on any atom is 0.408 e. The Labute approximate surface area is 194 Å². The Morgan fingerprint density at radius 1 is 1.03 bits per heavy atom. The average Bonchev–Trinajstić information content (AvgIpc) is 2.80. The molecule has 0 aliphatic carbocycles. The second kappa shape index (κ2) is 15.7. The SMILES string of the molecule is C=C(C)COC(C=O)C(COCC(NC(=O)OCc1ccccc1)C(=O)OC)OCC(=C)C. The first-order valence-electron chi connectivity index (χ1n) is 10.4. The van der Waals surface area contributed by atoms with Crippen molar-refractivity contribution in [3.05, 3.63) is 60.2 Å². The van der Waals surface area contributed by atoms with Crippen LogP contribution in [0.1, 0.15) is 19.4 Å². The lowest BCUT2D eigenvalue weighted by atomic mass is 10.2. The quantitative estimate of drug-likeness (QED) is 0.226. The molecule has 0 heterocycles. The van der Waals surface area contributed by atoms with Crippen molar-refractivity contribution in [1.29, 1.82) is 0 Å². The third kappa shape index (κ3) is 12.0. The number of hydrogen-bond donors (Lipinski definition) is 1. The zero-order valence-corrected chi connectivity index (χ0v) is 19.4. The van der Waals surface area contributed by atoms with Gasteiger partial charge in [-0.1, -0.05) is 54.6 Å². The lowest BCUT2D eigenvalue weighted by molar-refractivity contribution is -0.147. The normalized spacial score (nSPS) is 13.3. The molecular formula is C24H33NO8. The van der Waals surface area contributed by atoms with E-state index < -0.39 is 30.3 Å². The molecule has 182 valence electrons. The van der Waals surface area contributed by atoms with Gasteiger partial charge in [-0.15, -0.1) is 0 Å². The lowest BCUT2D eigenvalue weighted by Crippen LogP contribution is -2.46. The van der Waals surface area contributed by atoms with Gasteiger partial charge < -0.3 is 33.8 Å². The molecule has 9 nitrogen and oxygen atoms in total. The zero-order chi connectivity index (χ0) is 24.6. The van der Waals surface area contributed by atoms with Gasteiger partial charge in [0.05, 0.1) is 33.5 Å². The first-order valence-corrected chi connectivity index (χ1v) is 10.4. The molecule has 0 saturated carbocycles. The molecule has 0 aliphatic heterocycles. The number of rotatable bonds is 16. The van der Waals surface area contributed by atoms with Crippen LogP contribution in [0.4, 0.5) is 4.79 Å². The summed E-state index contributed by atoms with van der Waals surface area (Å²) < 4.78 is 26.7. The number of carbonyl (C=O) groups excluding carboxylic acids is 3. The molecule has 1 N–H and O–H groups in total. The van der Waals surface area contributed by atoms with Crippen LogP contribution >= 0.6 is 0 Å². The summed E-state index contributed by atoms with van der Waals surface area (Å²) in [4.78, 5) is 35.7. The number of amides is 1. The first kappa shape index (κ1) is 28.0. The number of esters is 1. The predicted octanol–water partition coefficient (Wildman–Crippen LogP) is 2.59. The highest BCUT2D eigenvalue weighted by atomic mass is 16.6. The average molecular weight is 464 g/mol. The van der Waals surface area contributed by atoms with E-state index in [9.17, 15) is 14.4 Å². The number of benzene rings is 1. The summed E-state index contributed by atoms with van der Waals surface area (Å²) in [6.07, 6.45) is -1.86. The molecule has 0 spiro atoms. The van der Waals surface area contributed by atoms with Crippen molar-refractivity contribution in [3.8, 4) is 0 Å². The third-order valence-electron chi connectivity index (χ3n) is 4.12. The van der Waals surface area contributed by atoms with E-state index in [2.05, 4.69) is 18.5 Å². The van der Waals surface area contributed by atoms with Gasteiger partial charge in [-0.3, -0.25) is 0 Å². The van der Waals surface area contributed by atoms with Gasteiger partial charge in [-0.2, -0.15) is 0 Å². The van der Waals surface area contributed by atoms with Crippen LogP contribution in [0.3, 0.4) is 0 Å². The van der Waals surface area contributed by atoms with Crippen molar-refractivity contribution < 1.29 is 38.1 Å². The van der Waals surface area contributed by atoms with E-state index in [4.69, 9.17) is 23.7 Å². The fourth-order valence-corrected chi connectivity index (χ4v) is 2.48. The van der Waals surface area contributed by atoms with Crippen LogP contribution in [0.5, 0.6) is 0 Å². The Morgan fingerprint density at radius 3 is 2.24 bits per heavy atom. The highest BCUT2D eigenvalue weighted by Crippen LogP contribution is 2.08. The number of methoxy groups -OCH3 is 1. The smallest absolute Gasteiger partial charge is 0.408 e. The van der Waals surface area contributed by atoms with Gasteiger partial charge in [0.25, 0.3) is 0 Å². The number of alkyl carbamates (subject to hydrolysis) is 1. The second-order valence-electron chi connectivity index (χ2n) is 7.49. The Bertz CT molecular complexity index is 780. The molecular weight excluding hydrogens is 430 g/mol. The number of ether oxygens (including phenoxy) is 5. The summed E-state index contributed by atoms with van der Waals surface area (Å²) in [5, 5.41) is 2.42. The molecule has 1 aromatic carbocycles. The standard InChI is InChI=1S/C24H33NO8/c1-17(2)12-31-21(11-26)22(32-13-18(3)4)16-30-15-20(23(27)29-5)25-24(28)33-14-19-9-7-6-8-10-19/h6-11,20-22H,1,3,12-16H2,2,4-5H3,(H,25,28). The summed E-state index contributed by atoms with van der Waals surface area (Å²) in [5.41, 5.74) is 2.29. The number of hydrogen-bond acceptors (Lipinski definition) is 8. The molecule has 0 aliphatic rings. The fraction of sp³-hybridized carbons (Fsp3) is 0.458. The fourth-order valence-electron chi connectivity index (χ4n) is 2.48. The maximum absolute atomic E-state index is 12.1. The Kier molecular flexibility index (Phi) is 13.4. The topological polar surface area (TPSA) is 109 Å².